The molecule has 0 aromatic heterocycles. The maximum absolute atomic E-state index is 5.65. The monoisotopic (exact) mass is 330 g/mol. The fourth-order valence-electron chi connectivity index (χ4n) is 3.31. The van der Waals surface area contributed by atoms with Gasteiger partial charge in [0.05, 0.1) is 0 Å². The van der Waals surface area contributed by atoms with Crippen molar-refractivity contribution < 1.29 is 4.74 Å². The molecule has 0 radical (unpaired) electrons. The molecule has 0 aliphatic heterocycles. The predicted octanol–water partition coefficient (Wildman–Crippen LogP) is 6.43. The third kappa shape index (κ3) is 11.2. The lowest BCUT2D eigenvalue weighted by molar-refractivity contribution is 0.0656. The summed E-state index contributed by atoms with van der Waals surface area (Å²) in [5.74, 6) is 0. The van der Waals surface area contributed by atoms with Crippen LogP contribution in [0.5, 0.6) is 0 Å². The Kier molecular flexibility index (Phi) is 7.03. The van der Waals surface area contributed by atoms with E-state index in [2.05, 4.69) is 87.1 Å². The highest BCUT2D eigenvalue weighted by Gasteiger charge is 2.30. The summed E-state index contributed by atoms with van der Waals surface area (Å²) >= 11 is 9.02. The molecule has 0 rings (SSSR count). The Morgan fingerprint density at radius 3 is 1.57 bits per heavy atom. The molecule has 0 aliphatic rings. The van der Waals surface area contributed by atoms with E-state index >= 15 is 0 Å². The number of allylic oxidation sites excluding steroid dienone is 2. The molecule has 0 unspecified atom stereocenters. The second-order valence-electron chi connectivity index (χ2n) is 9.35. The molecule has 0 amide bonds. The normalized spacial score (nSPS) is 14.6. The summed E-state index contributed by atoms with van der Waals surface area (Å²) in [6, 6.07) is 0. The molecule has 0 bridgehead atoms. The summed E-state index contributed by atoms with van der Waals surface area (Å²) in [6.45, 7) is 20.1. The predicted molar refractivity (Wildman–Crippen MR) is 102 cm³/mol. The van der Waals surface area contributed by atoms with E-state index in [4.69, 9.17) is 17.0 Å². The first kappa shape index (κ1) is 21.0. The van der Waals surface area contributed by atoms with Crippen molar-refractivity contribution >= 4 is 29.2 Å². The van der Waals surface area contributed by atoms with Crippen molar-refractivity contribution in [3.8, 4) is 0 Å². The Balaban J connectivity index is 4.87. The second-order valence-corrected chi connectivity index (χ2v) is 10.4. The van der Waals surface area contributed by atoms with Crippen molar-refractivity contribution in [2.24, 2.45) is 16.2 Å². The molecule has 1 nitrogen and oxygen atoms in total. The van der Waals surface area contributed by atoms with Crippen LogP contribution in [-0.2, 0) is 4.74 Å². The van der Waals surface area contributed by atoms with Crippen molar-refractivity contribution in [2.75, 3.05) is 0 Å². The first-order valence-electron chi connectivity index (χ1n) is 7.66. The first-order chi connectivity index (χ1) is 9.04. The fourth-order valence-corrected chi connectivity index (χ4v) is 3.78. The molecule has 0 aromatic carbocycles. The highest BCUT2D eigenvalue weighted by Crippen LogP contribution is 2.37. The summed E-state index contributed by atoms with van der Waals surface area (Å²) in [6.07, 6.45) is 6.73. The summed E-state index contributed by atoms with van der Waals surface area (Å²) in [5.41, 5.74) is 0.274. The van der Waals surface area contributed by atoms with E-state index in [1.54, 1.807) is 0 Å². The number of rotatable bonds is 6. The molecular weight excluding hydrogens is 296 g/mol. The van der Waals surface area contributed by atoms with Crippen molar-refractivity contribution in [3.05, 3.63) is 12.2 Å². The lowest BCUT2D eigenvalue weighted by Crippen LogP contribution is -2.32. The molecule has 3 heteroatoms. The number of hydrogen-bond donors (Lipinski definition) is 1. The van der Waals surface area contributed by atoms with Gasteiger partial charge in [-0.3, -0.25) is 0 Å². The van der Waals surface area contributed by atoms with Crippen LogP contribution in [0.3, 0.4) is 0 Å². The Labute approximate surface area is 143 Å². The molecule has 0 spiro atoms. The van der Waals surface area contributed by atoms with Crippen LogP contribution in [0, 0.1) is 16.2 Å². The molecule has 21 heavy (non-hydrogen) atoms. The van der Waals surface area contributed by atoms with Crippen LogP contribution in [-0.4, -0.2) is 9.98 Å². The molecular formula is C18H34OS2. The largest absolute Gasteiger partial charge is 0.473 e. The van der Waals surface area contributed by atoms with Gasteiger partial charge in [-0.1, -0.05) is 73.2 Å². The quantitative estimate of drug-likeness (QED) is 0.341. The van der Waals surface area contributed by atoms with Crippen molar-refractivity contribution in [3.63, 3.8) is 0 Å². The van der Waals surface area contributed by atoms with Crippen LogP contribution in [0.2, 0.25) is 0 Å². The summed E-state index contributed by atoms with van der Waals surface area (Å²) in [7, 11) is 0. The SMILES string of the molecule is CC(C)(C)CC(C)(C)/C=C/C(C)(C)CC(C)(C)OC(=S)S. The summed E-state index contributed by atoms with van der Waals surface area (Å²) in [5, 5.41) is 0. The molecule has 0 heterocycles. The van der Waals surface area contributed by atoms with Crippen LogP contribution in [0.25, 0.3) is 0 Å². The highest BCUT2D eigenvalue weighted by atomic mass is 32.1. The van der Waals surface area contributed by atoms with Gasteiger partial charge in [-0.05, 0) is 55.2 Å². The van der Waals surface area contributed by atoms with Gasteiger partial charge >= 0.3 is 0 Å². The van der Waals surface area contributed by atoms with E-state index in [0.29, 0.717) is 9.80 Å². The highest BCUT2D eigenvalue weighted by molar-refractivity contribution is 8.10. The first-order valence-corrected chi connectivity index (χ1v) is 8.52. The average molecular weight is 331 g/mol. The average Bonchev–Trinajstić information content (AvgIpc) is 2.06. The van der Waals surface area contributed by atoms with E-state index in [0.717, 1.165) is 12.8 Å². The van der Waals surface area contributed by atoms with Crippen LogP contribution >= 0.6 is 24.8 Å². The summed E-state index contributed by atoms with van der Waals surface area (Å²) in [4.78, 5) is 0. The molecule has 0 saturated carbocycles. The maximum Gasteiger partial charge on any atom is 0.217 e. The zero-order valence-electron chi connectivity index (χ0n) is 15.3. The van der Waals surface area contributed by atoms with E-state index in [1.165, 1.54) is 0 Å². The van der Waals surface area contributed by atoms with Gasteiger partial charge in [-0.2, -0.15) is 0 Å². The van der Waals surface area contributed by atoms with Crippen LogP contribution in [0.1, 0.15) is 75.2 Å². The molecule has 124 valence electrons. The fraction of sp³-hybridized carbons (Fsp3) is 0.833. The van der Waals surface area contributed by atoms with Crippen LogP contribution < -0.4 is 0 Å². The number of thiol groups is 1. The van der Waals surface area contributed by atoms with Crippen LogP contribution in [0.4, 0.5) is 0 Å². The van der Waals surface area contributed by atoms with Crippen molar-refractivity contribution in [2.45, 2.75) is 80.8 Å². The Morgan fingerprint density at radius 2 is 1.24 bits per heavy atom. The van der Waals surface area contributed by atoms with Gasteiger partial charge in [0, 0.05) is 0 Å². The van der Waals surface area contributed by atoms with Gasteiger partial charge in [0.2, 0.25) is 4.38 Å². The van der Waals surface area contributed by atoms with Gasteiger partial charge < -0.3 is 4.74 Å². The van der Waals surface area contributed by atoms with E-state index in [1.807, 2.05) is 0 Å². The Morgan fingerprint density at radius 1 is 0.857 bits per heavy atom. The molecule has 0 aromatic rings. The third-order valence-corrected chi connectivity index (χ3v) is 3.39. The Hall–Kier alpha value is -0.0200. The van der Waals surface area contributed by atoms with Gasteiger partial charge in [0.15, 0.2) is 0 Å². The third-order valence-electron chi connectivity index (χ3n) is 3.22. The van der Waals surface area contributed by atoms with E-state index in [9.17, 15) is 0 Å². The lowest BCUT2D eigenvalue weighted by atomic mass is 9.74. The number of thiocarbonyl (C=S) groups is 1. The minimum atomic E-state index is -0.305. The zero-order valence-corrected chi connectivity index (χ0v) is 17.0. The van der Waals surface area contributed by atoms with E-state index < -0.39 is 0 Å². The van der Waals surface area contributed by atoms with Gasteiger partial charge in [0.1, 0.15) is 5.60 Å². The van der Waals surface area contributed by atoms with Crippen molar-refractivity contribution in [1.82, 2.24) is 0 Å². The van der Waals surface area contributed by atoms with Gasteiger partial charge in [-0.15, -0.1) is 0 Å². The number of ether oxygens (including phenoxy) is 1. The molecule has 0 aliphatic carbocycles. The standard InChI is InChI=1S/C18H34OS2/c1-15(2,3)12-16(4,5)10-11-17(6,7)13-18(8,9)19-14(20)21/h10-11H,12-13H2,1-9H3,(H,20,21)/b11-10+. The minimum Gasteiger partial charge on any atom is -0.473 e. The van der Waals surface area contributed by atoms with Gasteiger partial charge in [-0.25, -0.2) is 0 Å². The molecule has 0 saturated heterocycles. The van der Waals surface area contributed by atoms with Gasteiger partial charge in [0.25, 0.3) is 0 Å². The molecule has 0 N–H and O–H groups in total. The lowest BCUT2D eigenvalue weighted by Gasteiger charge is -2.35. The zero-order chi connectivity index (χ0) is 17.1. The molecule has 0 fully saturated rings. The second kappa shape index (κ2) is 7.04. The number of hydrogen-bond acceptors (Lipinski definition) is 2. The summed E-state index contributed by atoms with van der Waals surface area (Å²) < 4.78 is 5.96. The Bertz CT molecular complexity index is 385. The molecule has 0 atom stereocenters. The smallest absolute Gasteiger partial charge is 0.217 e. The van der Waals surface area contributed by atoms with Crippen LogP contribution in [0.15, 0.2) is 12.2 Å². The minimum absolute atomic E-state index is 0.0528. The topological polar surface area (TPSA) is 9.23 Å². The van der Waals surface area contributed by atoms with Crippen molar-refractivity contribution in [1.29, 1.82) is 0 Å². The van der Waals surface area contributed by atoms with E-state index in [-0.39, 0.29) is 16.4 Å². The maximum atomic E-state index is 5.65.